The molecular formula is C22H12B6ClF2N3O4. The number of imide groups is 1. The number of nitrogens with one attached hydrogen (secondary N) is 1. The third kappa shape index (κ3) is 4.38. The summed E-state index contributed by atoms with van der Waals surface area (Å²) in [6, 6.07) is 4.12. The average molecular weight is 521 g/mol. The molecule has 0 spiro atoms. The molecule has 2 atom stereocenters. The van der Waals surface area contributed by atoms with Crippen molar-refractivity contribution in [2.75, 3.05) is 0 Å². The van der Waals surface area contributed by atoms with Gasteiger partial charge in [-0.05, 0) is 35.0 Å². The molecule has 2 aliphatic heterocycles. The van der Waals surface area contributed by atoms with Crippen LogP contribution < -0.4 is 16.2 Å². The largest absolute Gasteiger partial charge is 0.393 e. The zero-order chi connectivity index (χ0) is 28.3. The van der Waals surface area contributed by atoms with Crippen LogP contribution in [0.15, 0.2) is 30.3 Å². The fourth-order valence-electron chi connectivity index (χ4n) is 4.63. The molecule has 38 heavy (non-hydrogen) atoms. The van der Waals surface area contributed by atoms with Gasteiger partial charge >= 0.3 is 5.92 Å². The monoisotopic (exact) mass is 521 g/mol. The van der Waals surface area contributed by atoms with Crippen LogP contribution in [0.3, 0.4) is 0 Å². The third-order valence-corrected chi connectivity index (χ3v) is 6.77. The van der Waals surface area contributed by atoms with Crippen LogP contribution in [-0.2, 0) is 25.6 Å². The number of hydrogen-bond donors (Lipinski definition) is 1. The number of rotatable bonds is 5. The zero-order valence-electron chi connectivity index (χ0n) is 19.6. The van der Waals surface area contributed by atoms with Gasteiger partial charge in [0.2, 0.25) is 19.8 Å². The van der Waals surface area contributed by atoms with Gasteiger partial charge in [0.1, 0.15) is 29.6 Å². The zero-order valence-corrected chi connectivity index (χ0v) is 20.3. The van der Waals surface area contributed by atoms with Crippen LogP contribution in [0.4, 0.5) is 8.78 Å². The summed E-state index contributed by atoms with van der Waals surface area (Å²) in [5.41, 5.74) is -2.05. The summed E-state index contributed by atoms with van der Waals surface area (Å²) in [6.45, 7) is 0. The minimum Gasteiger partial charge on any atom is -0.393 e. The second kappa shape index (κ2) is 9.67. The van der Waals surface area contributed by atoms with Crippen molar-refractivity contribution in [1.29, 1.82) is 0 Å². The van der Waals surface area contributed by atoms with Crippen molar-refractivity contribution in [2.45, 2.75) is 36.1 Å². The van der Waals surface area contributed by atoms with Gasteiger partial charge in [-0.15, -0.1) is 0 Å². The van der Waals surface area contributed by atoms with Crippen LogP contribution in [-0.4, -0.2) is 86.6 Å². The van der Waals surface area contributed by atoms with E-state index in [1.165, 1.54) is 12.1 Å². The number of fused-ring (bicyclic) bond motifs is 1. The van der Waals surface area contributed by atoms with Crippen LogP contribution in [0.1, 0.15) is 45.8 Å². The number of amides is 4. The molecule has 2 unspecified atom stereocenters. The molecule has 4 amide bonds. The molecule has 7 nitrogen and oxygen atoms in total. The number of halogens is 3. The fourth-order valence-corrected chi connectivity index (χ4v) is 4.75. The van der Waals surface area contributed by atoms with Crippen LogP contribution in [0, 0.1) is 0 Å². The highest BCUT2D eigenvalue weighted by Gasteiger charge is 2.50. The molecule has 0 aromatic heterocycles. The maximum Gasteiger partial charge on any atom is 0.348 e. The summed E-state index contributed by atoms with van der Waals surface area (Å²) < 4.78 is 29.9. The van der Waals surface area contributed by atoms with E-state index in [2.05, 4.69) is 5.32 Å². The predicted octanol–water partition coefficient (Wildman–Crippen LogP) is -1.49. The van der Waals surface area contributed by atoms with Crippen molar-refractivity contribution < 1.29 is 28.0 Å². The Morgan fingerprint density at radius 3 is 2.37 bits per heavy atom. The molecule has 1 fully saturated rings. The highest BCUT2D eigenvalue weighted by molar-refractivity contribution is 6.49. The summed E-state index contributed by atoms with van der Waals surface area (Å²) in [5, 5.41) is 0.0817. The van der Waals surface area contributed by atoms with Crippen molar-refractivity contribution in [1.82, 2.24) is 15.0 Å². The van der Waals surface area contributed by atoms with Gasteiger partial charge in [0, 0.05) is 28.5 Å². The summed E-state index contributed by atoms with van der Waals surface area (Å²) in [5.74, 6) is -9.97. The Morgan fingerprint density at radius 1 is 1.18 bits per heavy atom. The number of nitrogens with zero attached hydrogens (tertiary/aromatic N) is 2. The molecule has 2 aliphatic rings. The van der Waals surface area contributed by atoms with E-state index in [1.807, 2.05) is 0 Å². The number of carbonyl (C=O) groups excluding carboxylic acids is 4. The second-order valence-corrected chi connectivity index (χ2v) is 9.36. The van der Waals surface area contributed by atoms with Gasteiger partial charge in [-0.25, -0.2) is 0 Å². The van der Waals surface area contributed by atoms with Crippen LogP contribution in [0.5, 0.6) is 0 Å². The average Bonchev–Trinajstić information content (AvgIpc) is 3.03. The molecule has 1 saturated heterocycles. The van der Waals surface area contributed by atoms with E-state index < -0.39 is 57.9 Å². The van der Waals surface area contributed by atoms with Gasteiger partial charge in [0.25, 0.3) is 11.8 Å². The van der Waals surface area contributed by atoms with Gasteiger partial charge in [0.15, 0.2) is 0 Å². The first kappa shape index (κ1) is 28.1. The Labute approximate surface area is 229 Å². The Kier molecular flexibility index (Phi) is 7.14. The van der Waals surface area contributed by atoms with Gasteiger partial charge < -0.3 is 9.71 Å². The van der Waals surface area contributed by atoms with Crippen molar-refractivity contribution in [3.63, 3.8) is 0 Å². The van der Waals surface area contributed by atoms with E-state index in [0.29, 0.717) is 0 Å². The molecule has 2 aromatic rings. The summed E-state index contributed by atoms with van der Waals surface area (Å²) in [6.07, 6.45) is -0.139. The van der Waals surface area contributed by atoms with E-state index in [1.54, 1.807) is 0 Å². The van der Waals surface area contributed by atoms with Crippen molar-refractivity contribution in [3.8, 4) is 0 Å². The molecule has 1 N–H and O–H groups in total. The van der Waals surface area contributed by atoms with E-state index in [9.17, 15) is 28.0 Å². The standard InChI is InChI=1S/C22H12B6ClF2N3O4/c23-11-7-10-15(22(26,27)33(19(10)37)12-5-6-13(35)32-18(12)36)16(24)14(11)17(25)34(28)20(38)21(30,31)8-1-3-9(29)4-2-8/h1-4,7,12,17H,5-6H2,(H,32,35,36). The van der Waals surface area contributed by atoms with Gasteiger partial charge in [-0.2, -0.15) is 8.78 Å². The number of piperidine rings is 1. The van der Waals surface area contributed by atoms with Gasteiger partial charge in [0.05, 0.1) is 15.7 Å². The SMILES string of the molecule is [B]c1cc2c(c([B])c1C([B])N([B])C(=O)C(F)(F)c1ccc(Cl)cc1)C([B])([B])N(C1CCC(=O)NC1=O)C2=O. The Bertz CT molecular complexity index is 1380. The maximum atomic E-state index is 14.9. The number of carbonyl (C=O) groups is 4. The Balaban J connectivity index is 1.71. The molecule has 178 valence electrons. The van der Waals surface area contributed by atoms with Crippen LogP contribution in [0.2, 0.25) is 5.02 Å². The Morgan fingerprint density at radius 2 is 1.79 bits per heavy atom. The molecular weight excluding hydrogens is 509 g/mol. The van der Waals surface area contributed by atoms with E-state index in [-0.39, 0.29) is 44.8 Å². The van der Waals surface area contributed by atoms with Crippen molar-refractivity contribution in [2.24, 2.45) is 0 Å². The molecule has 16 heteroatoms. The summed E-state index contributed by atoms with van der Waals surface area (Å²) in [4.78, 5) is 50.8. The number of benzene rings is 2. The van der Waals surface area contributed by atoms with Gasteiger partial charge in [-0.3, -0.25) is 24.5 Å². The van der Waals surface area contributed by atoms with Gasteiger partial charge in [-0.1, -0.05) is 40.7 Å². The lowest BCUT2D eigenvalue weighted by molar-refractivity contribution is -0.154. The normalized spacial score (nSPS) is 19.6. The smallest absolute Gasteiger partial charge is 0.348 e. The number of alkyl halides is 2. The van der Waals surface area contributed by atoms with E-state index in [4.69, 9.17) is 58.8 Å². The first-order valence-electron chi connectivity index (χ1n) is 11.1. The topological polar surface area (TPSA) is 86.8 Å². The Hall–Kier alpha value is -2.94. The first-order valence-corrected chi connectivity index (χ1v) is 11.4. The third-order valence-electron chi connectivity index (χ3n) is 6.52. The molecule has 2 heterocycles. The molecule has 4 rings (SSSR count). The van der Waals surface area contributed by atoms with Crippen molar-refractivity contribution >= 4 is 93.4 Å². The highest BCUT2D eigenvalue weighted by Crippen LogP contribution is 2.38. The lowest BCUT2D eigenvalue weighted by atomic mass is 9.54. The lowest BCUT2D eigenvalue weighted by Gasteiger charge is -2.41. The fraction of sp³-hybridized carbons (Fsp3) is 0.273. The minimum atomic E-state index is -4.11. The summed E-state index contributed by atoms with van der Waals surface area (Å²) >= 11 is 5.73. The predicted molar refractivity (Wildman–Crippen MR) is 139 cm³/mol. The number of hydrogen-bond acceptors (Lipinski definition) is 4. The molecule has 0 aliphatic carbocycles. The molecule has 2 aromatic carbocycles. The lowest BCUT2D eigenvalue weighted by Crippen LogP contribution is -2.59. The quantitative estimate of drug-likeness (QED) is 0.385. The highest BCUT2D eigenvalue weighted by atomic mass is 35.5. The van der Waals surface area contributed by atoms with E-state index >= 15 is 0 Å². The maximum absolute atomic E-state index is 14.9. The van der Waals surface area contributed by atoms with Crippen LogP contribution in [0.25, 0.3) is 0 Å². The minimum absolute atomic E-state index is 0.0481. The molecule has 0 bridgehead atoms. The first-order chi connectivity index (χ1) is 17.6. The molecule has 0 saturated carbocycles. The van der Waals surface area contributed by atoms with E-state index in [0.717, 1.165) is 23.1 Å². The van der Waals surface area contributed by atoms with Crippen molar-refractivity contribution in [3.05, 3.63) is 57.6 Å². The molecule has 12 radical (unpaired) electrons. The second-order valence-electron chi connectivity index (χ2n) is 8.92. The van der Waals surface area contributed by atoms with Crippen LogP contribution >= 0.6 is 11.6 Å². The summed E-state index contributed by atoms with van der Waals surface area (Å²) in [7, 11) is 36.6.